The fraction of sp³-hybridized carbons (Fsp3) is 0.353. The van der Waals surface area contributed by atoms with E-state index in [2.05, 4.69) is 20.0 Å². The summed E-state index contributed by atoms with van der Waals surface area (Å²) >= 11 is 1.67. The highest BCUT2D eigenvalue weighted by atomic mass is 32.2. The van der Waals surface area contributed by atoms with Gasteiger partial charge in [0, 0.05) is 24.9 Å². The number of para-hydroxylation sites is 2. The number of nitrogens with zero attached hydrogens (tertiary/aromatic N) is 4. The van der Waals surface area contributed by atoms with E-state index in [0.717, 1.165) is 22.6 Å². The molecule has 0 spiro atoms. The molecule has 3 aromatic rings. The van der Waals surface area contributed by atoms with Gasteiger partial charge < -0.3 is 9.88 Å². The minimum Gasteiger partial charge on any atom is -0.330 e. The Hall–Kier alpha value is -2.28. The first kappa shape index (κ1) is 16.6. The van der Waals surface area contributed by atoms with Gasteiger partial charge in [-0.15, -0.1) is 0 Å². The molecule has 0 fully saturated rings. The van der Waals surface area contributed by atoms with Crippen LogP contribution in [0.2, 0.25) is 0 Å². The van der Waals surface area contributed by atoms with Crippen molar-refractivity contribution >= 4 is 34.4 Å². The number of amides is 1. The summed E-state index contributed by atoms with van der Waals surface area (Å²) in [5.74, 6) is 1.72. The van der Waals surface area contributed by atoms with Crippen LogP contribution in [-0.4, -0.2) is 37.2 Å². The van der Waals surface area contributed by atoms with Gasteiger partial charge in [0.2, 0.25) is 5.91 Å². The molecule has 1 amide bonds. The second-order valence-electron chi connectivity index (χ2n) is 5.85. The maximum absolute atomic E-state index is 12.1. The highest BCUT2D eigenvalue weighted by Gasteiger charge is 2.14. The lowest BCUT2D eigenvalue weighted by Gasteiger charge is -2.08. The molecule has 24 heavy (non-hydrogen) atoms. The minimum atomic E-state index is -0.0248. The van der Waals surface area contributed by atoms with Crippen LogP contribution in [0.1, 0.15) is 12.7 Å². The number of hydrogen-bond donors (Lipinski definition) is 1. The summed E-state index contributed by atoms with van der Waals surface area (Å²) in [5, 5.41) is 7.24. The summed E-state index contributed by atoms with van der Waals surface area (Å²) in [5.41, 5.74) is 2.78. The maximum atomic E-state index is 12.1. The van der Waals surface area contributed by atoms with Crippen LogP contribution in [-0.2, 0) is 18.4 Å². The van der Waals surface area contributed by atoms with Crippen LogP contribution in [0, 0.1) is 5.92 Å². The van der Waals surface area contributed by atoms with E-state index in [1.165, 1.54) is 0 Å². The first-order chi connectivity index (χ1) is 11.6. The third-order valence-electron chi connectivity index (χ3n) is 3.95. The van der Waals surface area contributed by atoms with Gasteiger partial charge in [-0.05, 0) is 18.4 Å². The number of nitrogens with one attached hydrogen (secondary N) is 1. The third-order valence-corrected chi connectivity index (χ3v) is 4.78. The summed E-state index contributed by atoms with van der Waals surface area (Å²) in [7, 11) is 2.00. The van der Waals surface area contributed by atoms with Crippen molar-refractivity contribution in [3.05, 3.63) is 42.5 Å². The third kappa shape index (κ3) is 3.46. The van der Waals surface area contributed by atoms with Crippen molar-refractivity contribution in [2.45, 2.75) is 13.5 Å². The smallest absolute Gasteiger partial charge is 0.228 e. The van der Waals surface area contributed by atoms with Crippen LogP contribution in [0.4, 0.5) is 5.69 Å². The van der Waals surface area contributed by atoms with E-state index in [-0.39, 0.29) is 11.8 Å². The normalized spacial score (nSPS) is 12.5. The molecule has 0 aliphatic heterocycles. The average Bonchev–Trinajstić information content (AvgIpc) is 3.13. The topological polar surface area (TPSA) is 64.7 Å². The summed E-state index contributed by atoms with van der Waals surface area (Å²) < 4.78 is 3.85. The molecule has 0 saturated heterocycles. The summed E-state index contributed by atoms with van der Waals surface area (Å²) in [6.45, 7) is 2.48. The molecular weight excluding hydrogens is 322 g/mol. The van der Waals surface area contributed by atoms with Gasteiger partial charge in [-0.3, -0.25) is 9.48 Å². The van der Waals surface area contributed by atoms with E-state index in [1.54, 1.807) is 22.6 Å². The maximum Gasteiger partial charge on any atom is 0.228 e. The van der Waals surface area contributed by atoms with E-state index in [9.17, 15) is 4.79 Å². The zero-order valence-electron chi connectivity index (χ0n) is 14.1. The van der Waals surface area contributed by atoms with Crippen molar-refractivity contribution in [3.63, 3.8) is 0 Å². The summed E-state index contributed by atoms with van der Waals surface area (Å²) in [4.78, 5) is 16.7. The molecule has 0 saturated carbocycles. The molecule has 7 heteroatoms. The van der Waals surface area contributed by atoms with Crippen molar-refractivity contribution in [2.24, 2.45) is 13.0 Å². The van der Waals surface area contributed by atoms with Gasteiger partial charge in [0.15, 0.2) is 0 Å². The van der Waals surface area contributed by atoms with E-state index in [0.29, 0.717) is 12.2 Å². The number of anilines is 1. The SMILES string of the molecule is CSCC(C)C(=O)Nc1cnn(Cc2nc3ccccc3n2C)c1. The van der Waals surface area contributed by atoms with Crippen molar-refractivity contribution in [1.82, 2.24) is 19.3 Å². The van der Waals surface area contributed by atoms with Crippen molar-refractivity contribution in [2.75, 3.05) is 17.3 Å². The van der Waals surface area contributed by atoms with Gasteiger partial charge in [0.25, 0.3) is 0 Å². The average molecular weight is 343 g/mol. The number of hydrogen-bond acceptors (Lipinski definition) is 4. The van der Waals surface area contributed by atoms with Crippen molar-refractivity contribution < 1.29 is 4.79 Å². The van der Waals surface area contributed by atoms with Gasteiger partial charge in [-0.1, -0.05) is 19.1 Å². The predicted molar refractivity (Wildman–Crippen MR) is 98.2 cm³/mol. The van der Waals surface area contributed by atoms with Gasteiger partial charge in [-0.25, -0.2) is 4.98 Å². The number of thioether (sulfide) groups is 1. The van der Waals surface area contributed by atoms with Gasteiger partial charge in [-0.2, -0.15) is 16.9 Å². The lowest BCUT2D eigenvalue weighted by atomic mass is 10.2. The Morgan fingerprint density at radius 2 is 2.17 bits per heavy atom. The van der Waals surface area contributed by atoms with Crippen LogP contribution >= 0.6 is 11.8 Å². The fourth-order valence-electron chi connectivity index (χ4n) is 2.59. The molecule has 6 nitrogen and oxygen atoms in total. The number of carbonyl (C=O) groups excluding carboxylic acids is 1. The Bertz CT molecular complexity index is 854. The quantitative estimate of drug-likeness (QED) is 0.747. The second-order valence-corrected chi connectivity index (χ2v) is 6.76. The minimum absolute atomic E-state index is 0.0200. The van der Waals surface area contributed by atoms with Gasteiger partial charge >= 0.3 is 0 Å². The standard InChI is InChI=1S/C17H21N5OS/c1-12(11-24-3)17(23)19-13-8-18-22(9-13)10-16-20-14-6-4-5-7-15(14)21(16)2/h4-9,12H,10-11H2,1-3H3,(H,19,23). The highest BCUT2D eigenvalue weighted by Crippen LogP contribution is 2.16. The number of aryl methyl sites for hydroxylation is 1. The van der Waals surface area contributed by atoms with E-state index in [1.807, 2.05) is 50.7 Å². The Kier molecular flexibility index (Phi) is 4.89. The number of benzene rings is 1. The lowest BCUT2D eigenvalue weighted by Crippen LogP contribution is -2.21. The fourth-order valence-corrected chi connectivity index (χ4v) is 3.24. The Labute approximate surface area is 145 Å². The molecule has 0 radical (unpaired) electrons. The molecule has 0 bridgehead atoms. The number of carbonyl (C=O) groups is 1. The monoisotopic (exact) mass is 343 g/mol. The van der Waals surface area contributed by atoms with Crippen molar-refractivity contribution in [3.8, 4) is 0 Å². The zero-order chi connectivity index (χ0) is 17.1. The van der Waals surface area contributed by atoms with Gasteiger partial charge in [0.1, 0.15) is 5.82 Å². The molecule has 1 unspecified atom stereocenters. The van der Waals surface area contributed by atoms with Crippen LogP contribution in [0.15, 0.2) is 36.7 Å². The predicted octanol–water partition coefficient (Wildman–Crippen LogP) is 2.76. The molecule has 1 N–H and O–H groups in total. The molecular formula is C17H21N5OS. The molecule has 1 aromatic carbocycles. The largest absolute Gasteiger partial charge is 0.330 e. The molecule has 2 heterocycles. The van der Waals surface area contributed by atoms with Crippen LogP contribution < -0.4 is 5.32 Å². The van der Waals surface area contributed by atoms with Crippen LogP contribution in [0.3, 0.4) is 0 Å². The van der Waals surface area contributed by atoms with Crippen molar-refractivity contribution in [1.29, 1.82) is 0 Å². The lowest BCUT2D eigenvalue weighted by molar-refractivity contribution is -0.118. The Morgan fingerprint density at radius 3 is 2.92 bits per heavy atom. The van der Waals surface area contributed by atoms with Crippen LogP contribution in [0.5, 0.6) is 0 Å². The number of rotatable bonds is 6. The molecule has 3 rings (SSSR count). The van der Waals surface area contributed by atoms with E-state index in [4.69, 9.17) is 0 Å². The second kappa shape index (κ2) is 7.09. The summed E-state index contributed by atoms with van der Waals surface area (Å²) in [6, 6.07) is 8.04. The molecule has 1 atom stereocenters. The first-order valence-electron chi connectivity index (χ1n) is 7.81. The molecule has 2 aromatic heterocycles. The van der Waals surface area contributed by atoms with Gasteiger partial charge in [0.05, 0.1) is 29.5 Å². The van der Waals surface area contributed by atoms with E-state index < -0.39 is 0 Å². The Morgan fingerprint density at radius 1 is 1.38 bits per heavy atom. The molecule has 0 aliphatic carbocycles. The van der Waals surface area contributed by atoms with E-state index >= 15 is 0 Å². The molecule has 126 valence electrons. The van der Waals surface area contributed by atoms with Crippen LogP contribution in [0.25, 0.3) is 11.0 Å². The number of aromatic nitrogens is 4. The number of imidazole rings is 1. The Balaban J connectivity index is 1.71. The first-order valence-corrected chi connectivity index (χ1v) is 9.20. The highest BCUT2D eigenvalue weighted by molar-refractivity contribution is 7.98. The summed E-state index contributed by atoms with van der Waals surface area (Å²) in [6.07, 6.45) is 5.51. The zero-order valence-corrected chi connectivity index (χ0v) is 14.9. The molecule has 0 aliphatic rings. The number of fused-ring (bicyclic) bond motifs is 1.